The van der Waals surface area contributed by atoms with Crippen molar-refractivity contribution in [1.29, 1.82) is 0 Å². The minimum Gasteiger partial charge on any atom is -0.385 e. The molecule has 2 heteroatoms. The molecule has 21 heavy (non-hydrogen) atoms. The van der Waals surface area contributed by atoms with E-state index in [1.165, 1.54) is 38.8 Å². The zero-order valence-electron chi connectivity index (χ0n) is 13.3. The highest BCUT2D eigenvalue weighted by Crippen LogP contribution is 2.35. The number of aliphatic hydroxyl groups is 1. The van der Waals surface area contributed by atoms with Crippen LogP contribution in [0.3, 0.4) is 0 Å². The Balaban J connectivity index is 1.63. The first-order valence-electron chi connectivity index (χ1n) is 8.70. The van der Waals surface area contributed by atoms with Crippen molar-refractivity contribution in [2.45, 2.75) is 51.0 Å². The van der Waals surface area contributed by atoms with Gasteiger partial charge in [-0.2, -0.15) is 0 Å². The Kier molecular flexibility index (Phi) is 4.66. The van der Waals surface area contributed by atoms with Gasteiger partial charge in [0.25, 0.3) is 0 Å². The Morgan fingerprint density at radius 2 is 1.62 bits per heavy atom. The highest BCUT2D eigenvalue weighted by molar-refractivity contribution is 5.22. The third kappa shape index (κ3) is 3.49. The number of benzene rings is 1. The molecule has 2 aliphatic heterocycles. The average Bonchev–Trinajstić information content (AvgIpc) is 2.86. The average molecular weight is 287 g/mol. The second kappa shape index (κ2) is 6.50. The van der Waals surface area contributed by atoms with Crippen LogP contribution in [0.25, 0.3) is 0 Å². The van der Waals surface area contributed by atoms with Crippen LogP contribution in [0.15, 0.2) is 30.3 Å². The van der Waals surface area contributed by atoms with Crippen LogP contribution in [0.4, 0.5) is 0 Å². The molecule has 1 aliphatic carbocycles. The van der Waals surface area contributed by atoms with Crippen molar-refractivity contribution in [2.24, 2.45) is 11.8 Å². The predicted octanol–water partition coefficient (Wildman–Crippen LogP) is 3.80. The van der Waals surface area contributed by atoms with Crippen molar-refractivity contribution in [3.05, 3.63) is 35.9 Å². The molecule has 0 amide bonds. The minimum atomic E-state index is -0.660. The molecule has 0 radical (unpaired) electrons. The molecule has 0 aromatic heterocycles. The van der Waals surface area contributed by atoms with Gasteiger partial charge in [0, 0.05) is 19.6 Å². The molecule has 3 fully saturated rings. The standard InChI is InChI=1S/C19H29NO/c1-2-19(21,18-6-4-3-5-7-18)12-13-20-14-16-8-9-17(15-20)11-10-16/h3-7,16-17,21H,2,8-15H2,1H3/t16?,17?,19-/m1/s1. The molecule has 0 unspecified atom stereocenters. The number of fused-ring (bicyclic) bond motifs is 4. The summed E-state index contributed by atoms with van der Waals surface area (Å²) in [6.45, 7) is 5.64. The molecule has 4 rings (SSSR count). The van der Waals surface area contributed by atoms with Gasteiger partial charge in [-0.1, -0.05) is 37.3 Å². The fourth-order valence-electron chi connectivity index (χ4n) is 4.20. The topological polar surface area (TPSA) is 23.5 Å². The summed E-state index contributed by atoms with van der Waals surface area (Å²) >= 11 is 0. The van der Waals surface area contributed by atoms with E-state index in [1.807, 2.05) is 18.2 Å². The third-order valence-corrected chi connectivity index (χ3v) is 5.74. The van der Waals surface area contributed by atoms with Crippen LogP contribution in [0.2, 0.25) is 0 Å². The fraction of sp³-hybridized carbons (Fsp3) is 0.684. The smallest absolute Gasteiger partial charge is 0.0906 e. The lowest BCUT2D eigenvalue weighted by molar-refractivity contribution is 0.0123. The largest absolute Gasteiger partial charge is 0.385 e. The summed E-state index contributed by atoms with van der Waals surface area (Å²) in [5, 5.41) is 11.0. The van der Waals surface area contributed by atoms with Crippen molar-refractivity contribution in [2.75, 3.05) is 19.6 Å². The number of hydrogen-bond donors (Lipinski definition) is 1. The van der Waals surface area contributed by atoms with E-state index < -0.39 is 5.60 Å². The van der Waals surface area contributed by atoms with Crippen molar-refractivity contribution >= 4 is 0 Å². The Morgan fingerprint density at radius 3 is 2.14 bits per heavy atom. The monoisotopic (exact) mass is 287 g/mol. The van der Waals surface area contributed by atoms with Gasteiger partial charge in [-0.25, -0.2) is 0 Å². The van der Waals surface area contributed by atoms with E-state index in [9.17, 15) is 5.11 Å². The van der Waals surface area contributed by atoms with E-state index in [4.69, 9.17) is 0 Å². The SMILES string of the molecule is CC[C@@](O)(CCN1CC2CCC(CC2)C1)c1ccccc1. The van der Waals surface area contributed by atoms with Crippen LogP contribution in [-0.2, 0) is 5.60 Å². The van der Waals surface area contributed by atoms with Crippen molar-refractivity contribution in [3.8, 4) is 0 Å². The van der Waals surface area contributed by atoms with Crippen LogP contribution in [0.5, 0.6) is 0 Å². The molecular weight excluding hydrogens is 258 g/mol. The fourth-order valence-corrected chi connectivity index (χ4v) is 4.20. The molecule has 2 saturated heterocycles. The van der Waals surface area contributed by atoms with E-state index in [0.717, 1.165) is 36.8 Å². The van der Waals surface area contributed by atoms with Crippen LogP contribution >= 0.6 is 0 Å². The van der Waals surface area contributed by atoms with Gasteiger partial charge in [0.15, 0.2) is 0 Å². The Morgan fingerprint density at radius 1 is 1.05 bits per heavy atom. The van der Waals surface area contributed by atoms with Crippen molar-refractivity contribution in [3.63, 3.8) is 0 Å². The summed E-state index contributed by atoms with van der Waals surface area (Å²) in [5.74, 6) is 1.82. The van der Waals surface area contributed by atoms with Crippen molar-refractivity contribution in [1.82, 2.24) is 4.90 Å². The maximum Gasteiger partial charge on any atom is 0.0906 e. The zero-order chi connectivity index (χ0) is 14.7. The first kappa shape index (κ1) is 15.1. The molecule has 1 atom stereocenters. The molecule has 0 spiro atoms. The van der Waals surface area contributed by atoms with Gasteiger partial charge in [-0.05, 0) is 55.9 Å². The summed E-state index contributed by atoms with van der Waals surface area (Å²) in [6, 6.07) is 10.2. The van der Waals surface area contributed by atoms with Gasteiger partial charge in [0.05, 0.1) is 5.60 Å². The van der Waals surface area contributed by atoms with Crippen LogP contribution in [-0.4, -0.2) is 29.6 Å². The van der Waals surface area contributed by atoms with Gasteiger partial charge in [-0.3, -0.25) is 0 Å². The summed E-state index contributed by atoms with van der Waals surface area (Å²) in [5.41, 5.74) is 0.414. The molecule has 1 saturated carbocycles. The quantitative estimate of drug-likeness (QED) is 0.890. The Hall–Kier alpha value is -0.860. The number of hydrogen-bond acceptors (Lipinski definition) is 2. The van der Waals surface area contributed by atoms with Gasteiger partial charge in [0.2, 0.25) is 0 Å². The first-order valence-corrected chi connectivity index (χ1v) is 8.70. The van der Waals surface area contributed by atoms with E-state index >= 15 is 0 Å². The van der Waals surface area contributed by atoms with Crippen LogP contribution in [0.1, 0.15) is 51.0 Å². The van der Waals surface area contributed by atoms with Gasteiger partial charge >= 0.3 is 0 Å². The molecule has 116 valence electrons. The van der Waals surface area contributed by atoms with Gasteiger partial charge in [0.1, 0.15) is 0 Å². The van der Waals surface area contributed by atoms with E-state index in [0.29, 0.717) is 0 Å². The lowest BCUT2D eigenvalue weighted by atomic mass is 9.84. The van der Waals surface area contributed by atoms with Crippen molar-refractivity contribution < 1.29 is 5.11 Å². The van der Waals surface area contributed by atoms with Crippen LogP contribution in [0, 0.1) is 11.8 Å². The summed E-state index contributed by atoms with van der Waals surface area (Å²) in [6.07, 6.45) is 7.36. The normalized spacial score (nSPS) is 29.0. The highest BCUT2D eigenvalue weighted by Gasteiger charge is 2.32. The summed E-state index contributed by atoms with van der Waals surface area (Å²) < 4.78 is 0. The van der Waals surface area contributed by atoms with Gasteiger partial charge in [-0.15, -0.1) is 0 Å². The lowest BCUT2D eigenvalue weighted by Crippen LogP contribution is -2.35. The molecule has 2 nitrogen and oxygen atoms in total. The summed E-state index contributed by atoms with van der Waals surface area (Å²) in [4.78, 5) is 2.62. The summed E-state index contributed by atoms with van der Waals surface area (Å²) in [7, 11) is 0. The zero-order valence-corrected chi connectivity index (χ0v) is 13.3. The number of rotatable bonds is 5. The second-order valence-corrected chi connectivity index (χ2v) is 7.15. The molecular formula is C19H29NO. The molecule has 1 N–H and O–H groups in total. The molecule has 1 aromatic rings. The Bertz CT molecular complexity index is 424. The van der Waals surface area contributed by atoms with E-state index in [2.05, 4.69) is 24.0 Å². The third-order valence-electron chi connectivity index (χ3n) is 5.74. The molecule has 1 aromatic carbocycles. The Labute approximate surface area is 129 Å². The van der Waals surface area contributed by atoms with E-state index in [-0.39, 0.29) is 0 Å². The minimum absolute atomic E-state index is 0.660. The highest BCUT2D eigenvalue weighted by atomic mass is 16.3. The predicted molar refractivity (Wildman–Crippen MR) is 87.1 cm³/mol. The van der Waals surface area contributed by atoms with E-state index in [1.54, 1.807) is 0 Å². The molecule has 2 heterocycles. The number of nitrogens with zero attached hydrogens (tertiary/aromatic N) is 1. The molecule has 3 aliphatic rings. The maximum absolute atomic E-state index is 11.0. The maximum atomic E-state index is 11.0. The first-order chi connectivity index (χ1) is 10.2. The lowest BCUT2D eigenvalue weighted by Gasteiger charge is -2.31. The second-order valence-electron chi connectivity index (χ2n) is 7.15. The van der Waals surface area contributed by atoms with Gasteiger partial charge < -0.3 is 10.0 Å². The van der Waals surface area contributed by atoms with Crippen LogP contribution < -0.4 is 0 Å². The molecule has 2 bridgehead atoms.